The van der Waals surface area contributed by atoms with Gasteiger partial charge in [-0.1, -0.05) is 11.6 Å². The first kappa shape index (κ1) is 16.7. The van der Waals surface area contributed by atoms with E-state index in [1.54, 1.807) is 17.0 Å². The smallest absolute Gasteiger partial charge is 0.322 e. The lowest BCUT2D eigenvalue weighted by Crippen LogP contribution is -2.49. The molecular formula is C15H21ClN2O4. The lowest BCUT2D eigenvalue weighted by atomic mass is 10.2. The number of morpholine rings is 1. The van der Waals surface area contributed by atoms with Crippen LogP contribution in [-0.4, -0.2) is 50.4 Å². The van der Waals surface area contributed by atoms with Crippen molar-refractivity contribution in [3.8, 4) is 11.5 Å². The Bertz CT molecular complexity index is 543. The molecule has 2 amide bonds. The molecule has 0 unspecified atom stereocenters. The van der Waals surface area contributed by atoms with Crippen LogP contribution in [0, 0.1) is 0 Å². The molecule has 1 aliphatic heterocycles. The van der Waals surface area contributed by atoms with Gasteiger partial charge in [-0.25, -0.2) is 4.79 Å². The van der Waals surface area contributed by atoms with E-state index in [0.29, 0.717) is 35.3 Å². The predicted octanol–water partition coefficient (Wildman–Crippen LogP) is 3.00. The molecule has 0 aromatic heterocycles. The maximum absolute atomic E-state index is 12.4. The Labute approximate surface area is 135 Å². The van der Waals surface area contributed by atoms with E-state index in [0.717, 1.165) is 0 Å². The number of anilines is 1. The lowest BCUT2D eigenvalue weighted by Gasteiger charge is -2.35. The monoisotopic (exact) mass is 328 g/mol. The number of amides is 2. The summed E-state index contributed by atoms with van der Waals surface area (Å²) in [4.78, 5) is 14.1. The van der Waals surface area contributed by atoms with E-state index in [4.69, 9.17) is 25.8 Å². The first-order chi connectivity index (χ1) is 10.4. The van der Waals surface area contributed by atoms with Crippen molar-refractivity contribution in [3.05, 3.63) is 17.2 Å². The van der Waals surface area contributed by atoms with E-state index in [1.807, 2.05) is 13.8 Å². The number of benzene rings is 1. The minimum Gasteiger partial charge on any atom is -0.495 e. The molecule has 1 aromatic rings. The van der Waals surface area contributed by atoms with E-state index >= 15 is 0 Å². The molecule has 1 heterocycles. The zero-order chi connectivity index (χ0) is 16.3. The highest BCUT2D eigenvalue weighted by Gasteiger charge is 2.26. The Kier molecular flexibility index (Phi) is 5.37. The van der Waals surface area contributed by atoms with Crippen molar-refractivity contribution in [2.45, 2.75) is 26.1 Å². The quantitative estimate of drug-likeness (QED) is 0.926. The Morgan fingerprint density at radius 3 is 2.36 bits per heavy atom. The number of nitrogens with one attached hydrogen (secondary N) is 1. The van der Waals surface area contributed by atoms with Gasteiger partial charge in [0.05, 0.1) is 37.1 Å². The number of urea groups is 1. The van der Waals surface area contributed by atoms with Crippen molar-refractivity contribution in [2.24, 2.45) is 0 Å². The van der Waals surface area contributed by atoms with Crippen LogP contribution >= 0.6 is 11.6 Å². The summed E-state index contributed by atoms with van der Waals surface area (Å²) in [5.74, 6) is 0.981. The van der Waals surface area contributed by atoms with Gasteiger partial charge in [0.15, 0.2) is 0 Å². The van der Waals surface area contributed by atoms with E-state index in [9.17, 15) is 4.79 Å². The molecule has 1 aromatic carbocycles. The molecule has 0 aliphatic carbocycles. The number of nitrogens with zero attached hydrogens (tertiary/aromatic N) is 1. The number of carbonyl (C=O) groups is 1. The van der Waals surface area contributed by atoms with Gasteiger partial charge < -0.3 is 24.4 Å². The van der Waals surface area contributed by atoms with E-state index in [-0.39, 0.29) is 18.2 Å². The summed E-state index contributed by atoms with van der Waals surface area (Å²) in [5, 5.41) is 3.24. The largest absolute Gasteiger partial charge is 0.495 e. The van der Waals surface area contributed by atoms with Crippen molar-refractivity contribution in [1.82, 2.24) is 4.90 Å². The van der Waals surface area contributed by atoms with Crippen LogP contribution in [0.1, 0.15) is 13.8 Å². The van der Waals surface area contributed by atoms with Crippen LogP contribution in [-0.2, 0) is 4.74 Å². The molecule has 1 N–H and O–H groups in total. The second kappa shape index (κ2) is 7.07. The molecular weight excluding hydrogens is 308 g/mol. The van der Waals surface area contributed by atoms with E-state index < -0.39 is 0 Å². The Morgan fingerprint density at radius 2 is 1.82 bits per heavy atom. The molecule has 122 valence electrons. The predicted molar refractivity (Wildman–Crippen MR) is 85.2 cm³/mol. The molecule has 6 nitrogen and oxygen atoms in total. The molecule has 1 saturated heterocycles. The van der Waals surface area contributed by atoms with Gasteiger partial charge in [-0.15, -0.1) is 0 Å². The molecule has 0 spiro atoms. The molecule has 1 aliphatic rings. The van der Waals surface area contributed by atoms with Crippen molar-refractivity contribution in [2.75, 3.05) is 32.6 Å². The maximum Gasteiger partial charge on any atom is 0.322 e. The highest BCUT2D eigenvalue weighted by Crippen LogP contribution is 2.36. The van der Waals surface area contributed by atoms with Crippen LogP contribution in [0.4, 0.5) is 10.5 Å². The van der Waals surface area contributed by atoms with Gasteiger partial charge in [0.25, 0.3) is 0 Å². The molecule has 22 heavy (non-hydrogen) atoms. The third-order valence-corrected chi connectivity index (χ3v) is 3.72. The Morgan fingerprint density at radius 1 is 1.23 bits per heavy atom. The van der Waals surface area contributed by atoms with E-state index in [1.165, 1.54) is 14.2 Å². The van der Waals surface area contributed by atoms with Crippen LogP contribution in [0.25, 0.3) is 0 Å². The van der Waals surface area contributed by atoms with Crippen LogP contribution in [0.15, 0.2) is 12.1 Å². The molecule has 0 bridgehead atoms. The SMILES string of the molecule is COc1cc(OC)c(NC(=O)N2C[C@H](C)O[C@@H](C)C2)cc1Cl. The van der Waals surface area contributed by atoms with Gasteiger partial charge in [0.2, 0.25) is 0 Å². The molecule has 2 atom stereocenters. The summed E-state index contributed by atoms with van der Waals surface area (Å²) in [6.45, 7) is 4.98. The molecule has 0 saturated carbocycles. The summed E-state index contributed by atoms with van der Waals surface area (Å²) < 4.78 is 16.0. The highest BCUT2D eigenvalue weighted by atomic mass is 35.5. The number of hydrogen-bond acceptors (Lipinski definition) is 4. The Balaban J connectivity index is 2.15. The lowest BCUT2D eigenvalue weighted by molar-refractivity contribution is -0.0530. The van der Waals surface area contributed by atoms with Crippen LogP contribution < -0.4 is 14.8 Å². The molecule has 2 rings (SSSR count). The standard InChI is InChI=1S/C15H21ClN2O4/c1-9-7-18(8-10(2)22-9)15(19)17-12-5-11(16)13(20-3)6-14(12)21-4/h5-6,9-10H,7-8H2,1-4H3,(H,17,19)/t9-,10-/m0/s1. The number of hydrogen-bond donors (Lipinski definition) is 1. The first-order valence-electron chi connectivity index (χ1n) is 7.07. The third-order valence-electron chi connectivity index (χ3n) is 3.42. The summed E-state index contributed by atoms with van der Waals surface area (Å²) in [6, 6.07) is 3.05. The van der Waals surface area contributed by atoms with Gasteiger partial charge in [0, 0.05) is 19.2 Å². The topological polar surface area (TPSA) is 60.0 Å². The fourth-order valence-corrected chi connectivity index (χ4v) is 2.74. The van der Waals surface area contributed by atoms with Gasteiger partial charge >= 0.3 is 6.03 Å². The third kappa shape index (κ3) is 3.75. The van der Waals surface area contributed by atoms with Gasteiger partial charge in [-0.2, -0.15) is 0 Å². The fourth-order valence-electron chi connectivity index (χ4n) is 2.50. The number of carbonyl (C=O) groups excluding carboxylic acids is 1. The van der Waals surface area contributed by atoms with E-state index in [2.05, 4.69) is 5.32 Å². The van der Waals surface area contributed by atoms with Gasteiger partial charge in [-0.05, 0) is 19.9 Å². The maximum atomic E-state index is 12.4. The summed E-state index contributed by atoms with van der Waals surface area (Å²) in [5.41, 5.74) is 0.505. The first-order valence-corrected chi connectivity index (χ1v) is 7.45. The summed E-state index contributed by atoms with van der Waals surface area (Å²) in [6.07, 6.45) is 0.0201. The minimum absolute atomic E-state index is 0.0100. The van der Waals surface area contributed by atoms with Crippen molar-refractivity contribution in [3.63, 3.8) is 0 Å². The molecule has 7 heteroatoms. The van der Waals surface area contributed by atoms with Gasteiger partial charge in [-0.3, -0.25) is 0 Å². The molecule has 0 radical (unpaired) electrons. The van der Waals surface area contributed by atoms with Crippen molar-refractivity contribution < 1.29 is 19.0 Å². The number of ether oxygens (including phenoxy) is 3. The van der Waals surface area contributed by atoms with Crippen molar-refractivity contribution >= 4 is 23.3 Å². The second-order valence-corrected chi connectivity index (χ2v) is 5.69. The average Bonchev–Trinajstić information content (AvgIpc) is 2.46. The number of methoxy groups -OCH3 is 2. The normalized spacial score (nSPS) is 21.4. The zero-order valence-electron chi connectivity index (χ0n) is 13.2. The van der Waals surface area contributed by atoms with Crippen LogP contribution in [0.2, 0.25) is 5.02 Å². The van der Waals surface area contributed by atoms with Crippen molar-refractivity contribution in [1.29, 1.82) is 0 Å². The summed E-state index contributed by atoms with van der Waals surface area (Å²) >= 11 is 6.11. The second-order valence-electron chi connectivity index (χ2n) is 5.28. The number of halogens is 1. The zero-order valence-corrected chi connectivity index (χ0v) is 13.9. The Hall–Kier alpha value is -1.66. The summed E-state index contributed by atoms with van der Waals surface area (Å²) in [7, 11) is 3.05. The fraction of sp³-hybridized carbons (Fsp3) is 0.533. The molecule has 1 fully saturated rings. The van der Waals surface area contributed by atoms with Crippen LogP contribution in [0.5, 0.6) is 11.5 Å². The average molecular weight is 329 g/mol. The minimum atomic E-state index is -0.207. The number of rotatable bonds is 3. The van der Waals surface area contributed by atoms with Crippen LogP contribution in [0.3, 0.4) is 0 Å². The van der Waals surface area contributed by atoms with Gasteiger partial charge in [0.1, 0.15) is 11.5 Å². The highest BCUT2D eigenvalue weighted by molar-refractivity contribution is 6.32.